The lowest BCUT2D eigenvalue weighted by Crippen LogP contribution is -2.18. The van der Waals surface area contributed by atoms with Gasteiger partial charge in [0, 0.05) is 24.9 Å². The van der Waals surface area contributed by atoms with Gasteiger partial charge >= 0.3 is 5.97 Å². The highest BCUT2D eigenvalue weighted by Crippen LogP contribution is 2.42. The lowest BCUT2D eigenvalue weighted by atomic mass is 10.1. The van der Waals surface area contributed by atoms with Crippen LogP contribution in [0.2, 0.25) is 0 Å². The predicted octanol–water partition coefficient (Wildman–Crippen LogP) is 5.24. The first-order chi connectivity index (χ1) is 15.4. The molecule has 32 heavy (non-hydrogen) atoms. The lowest BCUT2D eigenvalue weighted by molar-refractivity contribution is 0.0465. The predicted molar refractivity (Wildman–Crippen MR) is 132 cm³/mol. The summed E-state index contributed by atoms with van der Waals surface area (Å²) < 4.78 is 7.21. The van der Waals surface area contributed by atoms with Gasteiger partial charge in [-0.25, -0.2) is 9.79 Å². The van der Waals surface area contributed by atoms with Crippen LogP contribution in [0.3, 0.4) is 0 Å². The molecule has 0 spiro atoms. The maximum absolute atomic E-state index is 13.5. The standard InChI is InChI=1S/C25H25N3O3S/c1-16(2)14-31-25(30)22-21(26-15-27(3)4)20-18-12-8-9-13-19(18)23(29)28(24(20)32-22)17-10-6-5-7-11-17/h5-13,15-16H,14H2,1-4H3. The zero-order chi connectivity index (χ0) is 22.8. The molecule has 0 aliphatic rings. The van der Waals surface area contributed by atoms with E-state index in [9.17, 15) is 9.59 Å². The molecule has 4 rings (SSSR count). The van der Waals surface area contributed by atoms with E-state index in [0.717, 1.165) is 16.5 Å². The van der Waals surface area contributed by atoms with Crippen LogP contribution in [0.5, 0.6) is 0 Å². The first-order valence-corrected chi connectivity index (χ1v) is 11.2. The number of ether oxygens (including phenoxy) is 1. The summed E-state index contributed by atoms with van der Waals surface area (Å²) >= 11 is 1.24. The second-order valence-corrected chi connectivity index (χ2v) is 9.18. The number of para-hydroxylation sites is 1. The van der Waals surface area contributed by atoms with Crippen molar-refractivity contribution in [1.29, 1.82) is 0 Å². The molecule has 2 heterocycles. The van der Waals surface area contributed by atoms with Gasteiger partial charge in [-0.2, -0.15) is 0 Å². The molecule has 7 heteroatoms. The van der Waals surface area contributed by atoms with Crippen molar-refractivity contribution in [2.45, 2.75) is 13.8 Å². The normalized spacial score (nSPS) is 11.7. The Hall–Kier alpha value is -3.45. The van der Waals surface area contributed by atoms with Gasteiger partial charge in [0.1, 0.15) is 15.4 Å². The molecular weight excluding hydrogens is 422 g/mol. The van der Waals surface area contributed by atoms with Gasteiger partial charge in [-0.1, -0.05) is 50.2 Å². The minimum absolute atomic E-state index is 0.134. The van der Waals surface area contributed by atoms with Crippen molar-refractivity contribution < 1.29 is 9.53 Å². The maximum Gasteiger partial charge on any atom is 0.350 e. The summed E-state index contributed by atoms with van der Waals surface area (Å²) in [5.41, 5.74) is 1.12. The Morgan fingerprint density at radius 3 is 2.41 bits per heavy atom. The first kappa shape index (κ1) is 21.8. The maximum atomic E-state index is 13.5. The van der Waals surface area contributed by atoms with Crippen LogP contribution in [0.1, 0.15) is 23.5 Å². The van der Waals surface area contributed by atoms with E-state index in [2.05, 4.69) is 4.99 Å². The summed E-state index contributed by atoms with van der Waals surface area (Å²) in [6.07, 6.45) is 1.66. The number of aliphatic imine (C=N–C) groups is 1. The molecule has 0 atom stereocenters. The summed E-state index contributed by atoms with van der Waals surface area (Å²) in [6.45, 7) is 4.30. The van der Waals surface area contributed by atoms with Crippen molar-refractivity contribution in [3.05, 3.63) is 69.8 Å². The number of carbonyl (C=O) groups excluding carboxylic acids is 1. The van der Waals surface area contributed by atoms with Crippen LogP contribution in [0.15, 0.2) is 64.4 Å². The van der Waals surface area contributed by atoms with Gasteiger partial charge in [0.25, 0.3) is 5.56 Å². The van der Waals surface area contributed by atoms with E-state index in [0.29, 0.717) is 27.4 Å². The van der Waals surface area contributed by atoms with Gasteiger partial charge in [-0.05, 0) is 29.5 Å². The van der Waals surface area contributed by atoms with E-state index in [1.165, 1.54) is 11.3 Å². The van der Waals surface area contributed by atoms with Crippen LogP contribution in [0.4, 0.5) is 5.69 Å². The Morgan fingerprint density at radius 2 is 1.75 bits per heavy atom. The van der Waals surface area contributed by atoms with Gasteiger partial charge in [0.2, 0.25) is 0 Å². The highest BCUT2D eigenvalue weighted by atomic mass is 32.1. The number of benzene rings is 2. The molecule has 2 aromatic carbocycles. The molecule has 164 valence electrons. The minimum Gasteiger partial charge on any atom is -0.461 e. The summed E-state index contributed by atoms with van der Waals surface area (Å²) in [7, 11) is 3.74. The molecule has 0 radical (unpaired) electrons. The number of rotatable bonds is 6. The molecule has 0 N–H and O–H groups in total. The molecule has 0 saturated carbocycles. The van der Waals surface area contributed by atoms with Crippen LogP contribution in [-0.2, 0) is 4.74 Å². The van der Waals surface area contributed by atoms with Crippen molar-refractivity contribution >= 4 is 50.3 Å². The van der Waals surface area contributed by atoms with Crippen LogP contribution < -0.4 is 5.56 Å². The minimum atomic E-state index is -0.429. The number of carbonyl (C=O) groups is 1. The monoisotopic (exact) mass is 447 g/mol. The smallest absolute Gasteiger partial charge is 0.350 e. The molecule has 0 bridgehead atoms. The van der Waals surface area contributed by atoms with Crippen LogP contribution in [0.25, 0.3) is 26.7 Å². The number of nitrogens with zero attached hydrogens (tertiary/aromatic N) is 3. The zero-order valence-electron chi connectivity index (χ0n) is 18.5. The SMILES string of the molecule is CC(C)COC(=O)c1sc2c(c1N=CN(C)C)c1ccccc1c(=O)n2-c1ccccc1. The second-order valence-electron chi connectivity index (χ2n) is 8.18. The van der Waals surface area contributed by atoms with E-state index in [-0.39, 0.29) is 11.5 Å². The van der Waals surface area contributed by atoms with Crippen molar-refractivity contribution in [2.24, 2.45) is 10.9 Å². The molecule has 6 nitrogen and oxygen atoms in total. The van der Waals surface area contributed by atoms with Crippen molar-refractivity contribution in [2.75, 3.05) is 20.7 Å². The summed E-state index contributed by atoms with van der Waals surface area (Å²) in [4.78, 5) is 34.1. The lowest BCUT2D eigenvalue weighted by Gasteiger charge is -2.10. The van der Waals surface area contributed by atoms with Crippen LogP contribution in [-0.4, -0.2) is 42.5 Å². The number of thiophene rings is 1. The Balaban J connectivity index is 2.11. The summed E-state index contributed by atoms with van der Waals surface area (Å²) in [5.74, 6) is -0.215. The number of esters is 1. The average molecular weight is 448 g/mol. The Bertz CT molecular complexity index is 1370. The van der Waals surface area contributed by atoms with Crippen molar-refractivity contribution in [3.63, 3.8) is 0 Å². The molecule has 0 unspecified atom stereocenters. The number of fused-ring (bicyclic) bond motifs is 3. The third-order valence-electron chi connectivity index (χ3n) is 4.86. The Kier molecular flexibility index (Phi) is 6.10. The van der Waals surface area contributed by atoms with Crippen LogP contribution in [0, 0.1) is 5.92 Å². The quantitative estimate of drug-likeness (QED) is 0.230. The van der Waals surface area contributed by atoms with E-state index in [1.807, 2.05) is 87.4 Å². The van der Waals surface area contributed by atoms with E-state index in [4.69, 9.17) is 4.74 Å². The average Bonchev–Trinajstić information content (AvgIpc) is 3.16. The third-order valence-corrected chi connectivity index (χ3v) is 6.01. The van der Waals surface area contributed by atoms with Crippen molar-refractivity contribution in [1.82, 2.24) is 9.47 Å². The summed E-state index contributed by atoms with van der Waals surface area (Å²) in [5, 5.41) is 2.11. The fourth-order valence-electron chi connectivity index (χ4n) is 3.47. The number of pyridine rings is 1. The molecule has 0 fully saturated rings. The Labute approximate surface area is 190 Å². The molecule has 0 amide bonds. The highest BCUT2D eigenvalue weighted by Gasteiger charge is 2.25. The largest absolute Gasteiger partial charge is 0.461 e. The Morgan fingerprint density at radius 1 is 1.09 bits per heavy atom. The zero-order valence-corrected chi connectivity index (χ0v) is 19.3. The van der Waals surface area contributed by atoms with Gasteiger partial charge in [0.15, 0.2) is 0 Å². The highest BCUT2D eigenvalue weighted by molar-refractivity contribution is 7.21. The van der Waals surface area contributed by atoms with E-state index >= 15 is 0 Å². The fraction of sp³-hybridized carbons (Fsp3) is 0.240. The molecular formula is C25H25N3O3S. The molecule has 0 aliphatic heterocycles. The number of hydrogen-bond acceptors (Lipinski definition) is 5. The fourth-order valence-corrected chi connectivity index (χ4v) is 4.64. The van der Waals surface area contributed by atoms with Gasteiger partial charge in [-0.15, -0.1) is 11.3 Å². The summed E-state index contributed by atoms with van der Waals surface area (Å²) in [6, 6.07) is 16.9. The van der Waals surface area contributed by atoms with Gasteiger partial charge in [-0.3, -0.25) is 9.36 Å². The van der Waals surface area contributed by atoms with E-state index in [1.54, 1.807) is 10.9 Å². The topological polar surface area (TPSA) is 63.9 Å². The van der Waals surface area contributed by atoms with Crippen LogP contribution >= 0.6 is 11.3 Å². The molecule has 0 aliphatic carbocycles. The van der Waals surface area contributed by atoms with Gasteiger partial charge < -0.3 is 9.64 Å². The molecule has 2 aromatic heterocycles. The third kappa shape index (κ3) is 4.03. The van der Waals surface area contributed by atoms with Gasteiger partial charge in [0.05, 0.1) is 18.6 Å². The second kappa shape index (κ2) is 8.96. The van der Waals surface area contributed by atoms with E-state index < -0.39 is 5.97 Å². The molecule has 4 aromatic rings. The number of aromatic nitrogens is 1. The van der Waals surface area contributed by atoms with Crippen molar-refractivity contribution in [3.8, 4) is 5.69 Å². The first-order valence-electron chi connectivity index (χ1n) is 10.4. The number of hydrogen-bond donors (Lipinski definition) is 0. The molecule has 0 saturated heterocycles.